The van der Waals surface area contributed by atoms with E-state index in [4.69, 9.17) is 5.73 Å². The number of amides is 1. The highest BCUT2D eigenvalue weighted by molar-refractivity contribution is 5.96. The zero-order chi connectivity index (χ0) is 15.1. The van der Waals surface area contributed by atoms with Crippen LogP contribution in [0.15, 0.2) is 18.5 Å². The second-order valence-corrected chi connectivity index (χ2v) is 5.77. The summed E-state index contributed by atoms with van der Waals surface area (Å²) in [6.07, 6.45) is 8.22. The number of hydrogen-bond donors (Lipinski definition) is 2. The quantitative estimate of drug-likeness (QED) is 0.834. The van der Waals surface area contributed by atoms with E-state index in [9.17, 15) is 4.79 Å². The van der Waals surface area contributed by atoms with Gasteiger partial charge in [-0.1, -0.05) is 31.6 Å². The summed E-state index contributed by atoms with van der Waals surface area (Å²) in [5.74, 6) is 6.96. The van der Waals surface area contributed by atoms with Gasteiger partial charge in [-0.25, -0.2) is 0 Å². The summed E-state index contributed by atoms with van der Waals surface area (Å²) in [7, 11) is 0. The van der Waals surface area contributed by atoms with Gasteiger partial charge in [0, 0.05) is 18.9 Å². The molecule has 2 rings (SSSR count). The molecule has 4 heteroatoms. The number of carbonyl (C=O) groups excluding carboxylic acids is 1. The molecule has 1 amide bonds. The summed E-state index contributed by atoms with van der Waals surface area (Å²) in [6.45, 7) is 3.31. The van der Waals surface area contributed by atoms with E-state index in [0.717, 1.165) is 12.5 Å². The zero-order valence-electron chi connectivity index (χ0n) is 12.6. The normalized spacial score (nSPS) is 21.2. The number of nitrogens with two attached hydrogens (primary N) is 1. The average molecular weight is 285 g/mol. The SMILES string of the molecule is CC1CCCC(CNC(=O)c2ccncc2C#CCN)C1. The minimum atomic E-state index is -0.0723. The molecule has 112 valence electrons. The maximum absolute atomic E-state index is 12.3. The van der Waals surface area contributed by atoms with Gasteiger partial charge in [0.25, 0.3) is 5.91 Å². The fourth-order valence-corrected chi connectivity index (χ4v) is 2.92. The van der Waals surface area contributed by atoms with E-state index >= 15 is 0 Å². The van der Waals surface area contributed by atoms with Crippen molar-refractivity contribution in [1.29, 1.82) is 0 Å². The third-order valence-electron chi connectivity index (χ3n) is 3.99. The first kappa shape index (κ1) is 15.5. The zero-order valence-corrected chi connectivity index (χ0v) is 12.6. The van der Waals surface area contributed by atoms with Crippen LogP contribution in [0.25, 0.3) is 0 Å². The summed E-state index contributed by atoms with van der Waals surface area (Å²) in [5, 5.41) is 3.04. The van der Waals surface area contributed by atoms with E-state index in [1.807, 2.05) is 0 Å². The van der Waals surface area contributed by atoms with Gasteiger partial charge in [-0.05, 0) is 30.7 Å². The summed E-state index contributed by atoms with van der Waals surface area (Å²) in [5.41, 5.74) is 6.59. The van der Waals surface area contributed by atoms with Crippen LogP contribution in [0, 0.1) is 23.7 Å². The Labute approximate surface area is 126 Å². The molecule has 2 atom stereocenters. The number of aromatic nitrogens is 1. The van der Waals surface area contributed by atoms with Gasteiger partial charge < -0.3 is 11.1 Å². The summed E-state index contributed by atoms with van der Waals surface area (Å²) >= 11 is 0. The lowest BCUT2D eigenvalue weighted by atomic mass is 9.82. The van der Waals surface area contributed by atoms with E-state index in [1.165, 1.54) is 25.7 Å². The smallest absolute Gasteiger partial charge is 0.252 e. The van der Waals surface area contributed by atoms with Crippen molar-refractivity contribution in [3.63, 3.8) is 0 Å². The van der Waals surface area contributed by atoms with Gasteiger partial charge in [-0.2, -0.15) is 0 Å². The number of carbonyl (C=O) groups is 1. The molecule has 1 fully saturated rings. The first-order chi connectivity index (χ1) is 10.2. The molecule has 1 aromatic heterocycles. The highest BCUT2D eigenvalue weighted by Gasteiger charge is 2.20. The Kier molecular flexibility index (Phi) is 5.77. The second-order valence-electron chi connectivity index (χ2n) is 5.77. The van der Waals surface area contributed by atoms with E-state index in [2.05, 4.69) is 29.1 Å². The standard InChI is InChI=1S/C17H23N3O/c1-13-4-2-5-14(10-13)11-20-17(21)16-7-9-19-12-15(16)6-3-8-18/h7,9,12-14H,2,4-5,8,10-11,18H2,1H3,(H,20,21). The number of rotatable bonds is 3. The predicted octanol–water partition coefficient (Wildman–Crippen LogP) is 1.95. The summed E-state index contributed by atoms with van der Waals surface area (Å²) in [6, 6.07) is 1.71. The van der Waals surface area contributed by atoms with Crippen LogP contribution in [0.3, 0.4) is 0 Å². The fourth-order valence-electron chi connectivity index (χ4n) is 2.92. The summed E-state index contributed by atoms with van der Waals surface area (Å²) in [4.78, 5) is 16.3. The molecule has 0 aromatic carbocycles. The molecule has 0 spiro atoms. The van der Waals surface area contributed by atoms with Gasteiger partial charge in [0.1, 0.15) is 0 Å². The summed E-state index contributed by atoms with van der Waals surface area (Å²) < 4.78 is 0. The largest absolute Gasteiger partial charge is 0.352 e. The van der Waals surface area contributed by atoms with Crippen LogP contribution >= 0.6 is 0 Å². The van der Waals surface area contributed by atoms with Gasteiger partial charge in [-0.15, -0.1) is 0 Å². The Balaban J connectivity index is 1.97. The van der Waals surface area contributed by atoms with Crippen LogP contribution in [0.5, 0.6) is 0 Å². The molecule has 1 aliphatic carbocycles. The molecule has 1 saturated carbocycles. The number of nitrogens with one attached hydrogen (secondary N) is 1. The Bertz CT molecular complexity index is 544. The number of nitrogens with zero attached hydrogens (tertiary/aromatic N) is 1. The molecule has 0 saturated heterocycles. The molecule has 1 aliphatic rings. The first-order valence-electron chi connectivity index (χ1n) is 7.62. The van der Waals surface area contributed by atoms with Gasteiger partial charge in [0.15, 0.2) is 0 Å². The lowest BCUT2D eigenvalue weighted by Crippen LogP contribution is -2.31. The van der Waals surface area contributed by atoms with Crippen LogP contribution in [0.1, 0.15) is 48.5 Å². The molecule has 0 bridgehead atoms. The van der Waals surface area contributed by atoms with Crippen molar-refractivity contribution in [3.05, 3.63) is 29.6 Å². The Morgan fingerprint density at radius 1 is 1.52 bits per heavy atom. The minimum Gasteiger partial charge on any atom is -0.352 e. The molecule has 1 aromatic rings. The lowest BCUT2D eigenvalue weighted by Gasteiger charge is -2.26. The van der Waals surface area contributed by atoms with Gasteiger partial charge in [0.2, 0.25) is 0 Å². The van der Waals surface area contributed by atoms with Crippen molar-refractivity contribution in [2.75, 3.05) is 13.1 Å². The van der Waals surface area contributed by atoms with Gasteiger partial charge >= 0.3 is 0 Å². The molecule has 3 N–H and O–H groups in total. The van der Waals surface area contributed by atoms with E-state index in [1.54, 1.807) is 18.5 Å². The first-order valence-corrected chi connectivity index (χ1v) is 7.62. The van der Waals surface area contributed by atoms with Crippen LogP contribution in [-0.4, -0.2) is 24.0 Å². The molecule has 21 heavy (non-hydrogen) atoms. The molecule has 2 unspecified atom stereocenters. The Morgan fingerprint density at radius 2 is 2.38 bits per heavy atom. The second kappa shape index (κ2) is 7.80. The third-order valence-corrected chi connectivity index (χ3v) is 3.99. The molecule has 0 radical (unpaired) electrons. The predicted molar refractivity (Wildman–Crippen MR) is 83.6 cm³/mol. The van der Waals surface area contributed by atoms with E-state index < -0.39 is 0 Å². The van der Waals surface area contributed by atoms with Crippen molar-refractivity contribution in [1.82, 2.24) is 10.3 Å². The van der Waals surface area contributed by atoms with Crippen molar-refractivity contribution >= 4 is 5.91 Å². The van der Waals surface area contributed by atoms with Crippen LogP contribution in [-0.2, 0) is 0 Å². The topological polar surface area (TPSA) is 68.0 Å². The van der Waals surface area contributed by atoms with Crippen LogP contribution < -0.4 is 11.1 Å². The van der Waals surface area contributed by atoms with Crippen molar-refractivity contribution in [2.24, 2.45) is 17.6 Å². The molecule has 1 heterocycles. The Hall–Kier alpha value is -1.86. The highest BCUT2D eigenvalue weighted by Crippen LogP contribution is 2.27. The third kappa shape index (κ3) is 4.57. The van der Waals surface area contributed by atoms with Gasteiger partial charge in [0.05, 0.1) is 17.7 Å². The average Bonchev–Trinajstić information content (AvgIpc) is 2.51. The lowest BCUT2D eigenvalue weighted by molar-refractivity contribution is 0.0940. The molecule has 0 aliphatic heterocycles. The van der Waals surface area contributed by atoms with Crippen molar-refractivity contribution in [3.8, 4) is 11.8 Å². The minimum absolute atomic E-state index is 0.0723. The fraction of sp³-hybridized carbons (Fsp3) is 0.529. The maximum atomic E-state index is 12.3. The molecule has 4 nitrogen and oxygen atoms in total. The maximum Gasteiger partial charge on any atom is 0.252 e. The van der Waals surface area contributed by atoms with Crippen LogP contribution in [0.2, 0.25) is 0 Å². The monoisotopic (exact) mass is 285 g/mol. The molecular weight excluding hydrogens is 262 g/mol. The van der Waals surface area contributed by atoms with Crippen LogP contribution in [0.4, 0.5) is 0 Å². The number of hydrogen-bond acceptors (Lipinski definition) is 3. The number of pyridine rings is 1. The van der Waals surface area contributed by atoms with Gasteiger partial charge in [-0.3, -0.25) is 9.78 Å². The Morgan fingerprint density at radius 3 is 3.14 bits per heavy atom. The van der Waals surface area contributed by atoms with E-state index in [-0.39, 0.29) is 12.5 Å². The van der Waals surface area contributed by atoms with E-state index in [0.29, 0.717) is 17.0 Å². The molecular formula is C17H23N3O. The van der Waals surface area contributed by atoms with Crippen molar-refractivity contribution in [2.45, 2.75) is 32.6 Å². The highest BCUT2D eigenvalue weighted by atomic mass is 16.1. The van der Waals surface area contributed by atoms with Crippen molar-refractivity contribution < 1.29 is 4.79 Å².